The standard InChI is InChI=1S/C16H15ClO2.C15H22N2O3/c1-11-4-2-5-12(8-11)9-15(16(18)19)13-6-3-7-14(17)10-13;1-10-9-11(5-7-12(10)14(16)17-19)6-8-13(18)20-15(2,3)4/h2-8,10,15H,9H2,1H3,(H,18,19);5,7,9,19H,6,8H2,1-4H3,(H2,16,17). The number of hydrogen-bond donors (Lipinski definition) is 3. The van der Waals surface area contributed by atoms with Crippen LogP contribution in [-0.2, 0) is 27.2 Å². The maximum Gasteiger partial charge on any atom is 0.311 e. The molecule has 0 spiro atoms. The van der Waals surface area contributed by atoms with Crippen molar-refractivity contribution in [3.05, 3.63) is 105 Å². The molecule has 3 rings (SSSR count). The molecule has 0 radical (unpaired) electrons. The average Bonchev–Trinajstić information content (AvgIpc) is 2.85. The van der Waals surface area contributed by atoms with Gasteiger partial charge in [-0.15, -0.1) is 0 Å². The van der Waals surface area contributed by atoms with Gasteiger partial charge in [-0.3, -0.25) is 9.59 Å². The average molecular weight is 553 g/mol. The molecule has 3 aromatic rings. The Morgan fingerprint density at radius 2 is 1.69 bits per heavy atom. The predicted molar refractivity (Wildman–Crippen MR) is 155 cm³/mol. The Morgan fingerprint density at radius 3 is 2.26 bits per heavy atom. The monoisotopic (exact) mass is 552 g/mol. The van der Waals surface area contributed by atoms with E-state index in [9.17, 15) is 14.7 Å². The van der Waals surface area contributed by atoms with Gasteiger partial charge < -0.3 is 20.8 Å². The summed E-state index contributed by atoms with van der Waals surface area (Å²) in [6.07, 6.45) is 1.41. The number of rotatable bonds is 8. The van der Waals surface area contributed by atoms with Gasteiger partial charge in [0.25, 0.3) is 0 Å². The van der Waals surface area contributed by atoms with E-state index in [0.717, 1.165) is 27.8 Å². The number of ether oxygens (including phenoxy) is 1. The Balaban J connectivity index is 0.000000274. The molecule has 0 aliphatic carbocycles. The minimum atomic E-state index is -0.830. The molecule has 0 fully saturated rings. The van der Waals surface area contributed by atoms with Gasteiger partial charge in [0.2, 0.25) is 0 Å². The largest absolute Gasteiger partial charge is 0.481 e. The van der Waals surface area contributed by atoms with Gasteiger partial charge in [-0.1, -0.05) is 76.9 Å². The smallest absolute Gasteiger partial charge is 0.311 e. The molecule has 39 heavy (non-hydrogen) atoms. The predicted octanol–water partition coefficient (Wildman–Crippen LogP) is 6.42. The first kappa shape index (κ1) is 31.4. The number of esters is 1. The zero-order valence-corrected chi connectivity index (χ0v) is 23.8. The summed E-state index contributed by atoms with van der Waals surface area (Å²) in [5, 5.41) is 21.6. The Bertz CT molecular complexity index is 1310. The van der Waals surface area contributed by atoms with Crippen molar-refractivity contribution in [2.24, 2.45) is 10.9 Å². The van der Waals surface area contributed by atoms with Crippen molar-refractivity contribution in [2.45, 2.75) is 65.4 Å². The van der Waals surface area contributed by atoms with Crippen LogP contribution in [0.25, 0.3) is 0 Å². The molecule has 1 atom stereocenters. The van der Waals surface area contributed by atoms with Crippen molar-refractivity contribution in [3.63, 3.8) is 0 Å². The van der Waals surface area contributed by atoms with Gasteiger partial charge in [0.1, 0.15) is 5.60 Å². The highest BCUT2D eigenvalue weighted by molar-refractivity contribution is 6.30. The van der Waals surface area contributed by atoms with Crippen LogP contribution in [0.2, 0.25) is 5.02 Å². The van der Waals surface area contributed by atoms with Crippen LogP contribution in [0.15, 0.2) is 71.9 Å². The van der Waals surface area contributed by atoms with Crippen molar-refractivity contribution in [1.82, 2.24) is 0 Å². The van der Waals surface area contributed by atoms with E-state index in [1.54, 1.807) is 30.3 Å². The molecule has 7 nitrogen and oxygen atoms in total. The van der Waals surface area contributed by atoms with Crippen LogP contribution in [0, 0.1) is 13.8 Å². The van der Waals surface area contributed by atoms with E-state index < -0.39 is 17.5 Å². The number of carboxylic acid groups (broad SMARTS) is 1. The van der Waals surface area contributed by atoms with E-state index in [0.29, 0.717) is 29.8 Å². The number of carboxylic acids is 1. The van der Waals surface area contributed by atoms with Crippen molar-refractivity contribution < 1.29 is 24.6 Å². The molecule has 8 heteroatoms. The normalized spacial score (nSPS) is 12.2. The number of aryl methyl sites for hydroxylation is 3. The first-order chi connectivity index (χ1) is 18.3. The summed E-state index contributed by atoms with van der Waals surface area (Å²) >= 11 is 5.93. The zero-order valence-electron chi connectivity index (χ0n) is 23.1. The van der Waals surface area contributed by atoms with E-state index >= 15 is 0 Å². The molecule has 0 aliphatic rings. The molecule has 0 amide bonds. The third-order valence-corrected chi connectivity index (χ3v) is 6.02. The minimum Gasteiger partial charge on any atom is -0.481 e. The summed E-state index contributed by atoms with van der Waals surface area (Å²) < 4.78 is 5.26. The first-order valence-corrected chi connectivity index (χ1v) is 13.0. The molecule has 4 N–H and O–H groups in total. The van der Waals surface area contributed by atoms with Crippen LogP contribution in [0.1, 0.15) is 66.5 Å². The van der Waals surface area contributed by atoms with Crippen molar-refractivity contribution >= 4 is 29.4 Å². The maximum absolute atomic E-state index is 11.6. The Hall–Kier alpha value is -3.84. The molecule has 1 unspecified atom stereocenters. The van der Waals surface area contributed by atoms with Gasteiger partial charge in [0.05, 0.1) is 5.92 Å². The molecule has 0 aliphatic heterocycles. The van der Waals surface area contributed by atoms with Gasteiger partial charge in [-0.05, 0) is 81.8 Å². The van der Waals surface area contributed by atoms with Crippen LogP contribution < -0.4 is 5.73 Å². The highest BCUT2D eigenvalue weighted by Crippen LogP contribution is 2.24. The van der Waals surface area contributed by atoms with E-state index in [1.165, 1.54) is 0 Å². The number of halogens is 1. The minimum absolute atomic E-state index is 0.0844. The molecule has 0 saturated carbocycles. The Morgan fingerprint density at radius 1 is 1.00 bits per heavy atom. The number of nitrogens with two attached hydrogens (primary N) is 1. The molecule has 3 aromatic carbocycles. The topological polar surface area (TPSA) is 122 Å². The van der Waals surface area contributed by atoms with E-state index in [-0.39, 0.29) is 11.8 Å². The van der Waals surface area contributed by atoms with Gasteiger partial charge in [0.15, 0.2) is 5.84 Å². The molecule has 0 saturated heterocycles. The van der Waals surface area contributed by atoms with Gasteiger partial charge in [-0.25, -0.2) is 0 Å². The highest BCUT2D eigenvalue weighted by Gasteiger charge is 2.20. The summed E-state index contributed by atoms with van der Waals surface area (Å²) in [5.74, 6) is -1.53. The highest BCUT2D eigenvalue weighted by atomic mass is 35.5. The fraction of sp³-hybridized carbons (Fsp3) is 0.323. The number of carbonyl (C=O) groups is 2. The maximum atomic E-state index is 11.6. The van der Waals surface area contributed by atoms with Crippen molar-refractivity contribution in [1.29, 1.82) is 0 Å². The molecular weight excluding hydrogens is 516 g/mol. The van der Waals surface area contributed by atoms with Crippen LogP contribution in [0.3, 0.4) is 0 Å². The second-order valence-corrected chi connectivity index (χ2v) is 10.8. The zero-order chi connectivity index (χ0) is 29.2. The van der Waals surface area contributed by atoms with Gasteiger partial charge >= 0.3 is 11.9 Å². The summed E-state index contributed by atoms with van der Waals surface area (Å²) in [6, 6.07) is 20.5. The number of nitrogens with zero attached hydrogens (tertiary/aromatic N) is 1. The lowest BCUT2D eigenvalue weighted by Gasteiger charge is -2.19. The Labute approximate surface area is 235 Å². The number of benzene rings is 3. The molecule has 0 bridgehead atoms. The summed E-state index contributed by atoms with van der Waals surface area (Å²) in [5.41, 5.74) is 10.6. The van der Waals surface area contributed by atoms with Crippen LogP contribution in [0.5, 0.6) is 0 Å². The number of amidine groups is 1. The van der Waals surface area contributed by atoms with Gasteiger partial charge in [-0.2, -0.15) is 0 Å². The van der Waals surface area contributed by atoms with Crippen LogP contribution in [0.4, 0.5) is 0 Å². The number of aliphatic carboxylic acids is 1. The lowest BCUT2D eigenvalue weighted by Crippen LogP contribution is -2.24. The number of oxime groups is 1. The van der Waals surface area contributed by atoms with E-state index in [2.05, 4.69) is 5.16 Å². The second-order valence-electron chi connectivity index (χ2n) is 10.4. The molecule has 0 heterocycles. The molecular formula is C31H37ClN2O5. The third kappa shape index (κ3) is 10.8. The van der Waals surface area contributed by atoms with Crippen molar-refractivity contribution in [3.8, 4) is 0 Å². The number of hydrogen-bond acceptors (Lipinski definition) is 5. The van der Waals surface area contributed by atoms with E-state index in [4.69, 9.17) is 27.3 Å². The lowest BCUT2D eigenvalue weighted by molar-refractivity contribution is -0.154. The Kier molecular flexibility index (Phi) is 11.5. The summed E-state index contributed by atoms with van der Waals surface area (Å²) in [6.45, 7) is 9.42. The lowest BCUT2D eigenvalue weighted by atomic mass is 9.91. The van der Waals surface area contributed by atoms with Crippen LogP contribution >= 0.6 is 11.6 Å². The fourth-order valence-corrected chi connectivity index (χ4v) is 4.21. The summed E-state index contributed by atoms with van der Waals surface area (Å²) in [7, 11) is 0. The van der Waals surface area contributed by atoms with Crippen molar-refractivity contribution in [2.75, 3.05) is 0 Å². The number of carbonyl (C=O) groups excluding carboxylic acids is 1. The van der Waals surface area contributed by atoms with Gasteiger partial charge in [0, 0.05) is 17.0 Å². The quantitative estimate of drug-likeness (QED) is 0.0973. The first-order valence-electron chi connectivity index (χ1n) is 12.6. The molecule has 0 aromatic heterocycles. The third-order valence-electron chi connectivity index (χ3n) is 5.78. The molecule has 208 valence electrons. The van der Waals surface area contributed by atoms with Crippen LogP contribution in [-0.4, -0.2) is 33.7 Å². The second kappa shape index (κ2) is 14.4. The SMILES string of the molecule is Cc1cc(CCC(=O)OC(C)(C)C)ccc1/C(N)=N/O.Cc1cccc(CC(C(=O)O)c2cccc(Cl)c2)c1. The summed E-state index contributed by atoms with van der Waals surface area (Å²) in [4.78, 5) is 23.1. The fourth-order valence-electron chi connectivity index (χ4n) is 4.01. The van der Waals surface area contributed by atoms with E-state index in [1.807, 2.05) is 71.0 Å².